The molecule has 0 atom stereocenters. The predicted molar refractivity (Wildman–Crippen MR) is 109 cm³/mol. The molecule has 1 fully saturated rings. The lowest BCUT2D eigenvalue weighted by atomic mass is 9.96. The summed E-state index contributed by atoms with van der Waals surface area (Å²) in [4.78, 5) is 12.7. The lowest BCUT2D eigenvalue weighted by molar-refractivity contribution is 0.237. The summed E-state index contributed by atoms with van der Waals surface area (Å²) in [7, 11) is 0. The molecule has 0 aliphatic heterocycles. The summed E-state index contributed by atoms with van der Waals surface area (Å²) in [6.45, 7) is 0.542. The van der Waals surface area contributed by atoms with Crippen LogP contribution < -0.4 is 10.6 Å². The van der Waals surface area contributed by atoms with Gasteiger partial charge in [-0.05, 0) is 41.7 Å². The number of hydrogen-bond donors (Lipinski definition) is 2. The Morgan fingerprint density at radius 3 is 1.89 bits per heavy atom. The van der Waals surface area contributed by atoms with Crippen LogP contribution in [0.2, 0.25) is 0 Å². The SMILES string of the molecule is O=C(NCC1(c2ccc(F)cc2)CC1)NC(c1ccccc1)c1ccccc1. The van der Waals surface area contributed by atoms with Gasteiger partial charge in [0.05, 0.1) is 6.04 Å². The van der Waals surface area contributed by atoms with Gasteiger partial charge in [-0.15, -0.1) is 0 Å². The quantitative estimate of drug-likeness (QED) is 0.630. The van der Waals surface area contributed by atoms with E-state index in [1.54, 1.807) is 0 Å². The van der Waals surface area contributed by atoms with Crippen molar-refractivity contribution in [3.05, 3.63) is 107 Å². The molecule has 0 saturated heterocycles. The topological polar surface area (TPSA) is 41.1 Å². The number of rotatable bonds is 6. The van der Waals surface area contributed by atoms with E-state index in [2.05, 4.69) is 10.6 Å². The summed E-state index contributed by atoms with van der Waals surface area (Å²) in [6.07, 6.45) is 2.00. The number of urea groups is 1. The molecule has 28 heavy (non-hydrogen) atoms. The summed E-state index contributed by atoms with van der Waals surface area (Å²) in [6, 6.07) is 26.0. The number of amides is 2. The Morgan fingerprint density at radius 2 is 1.39 bits per heavy atom. The van der Waals surface area contributed by atoms with Crippen molar-refractivity contribution in [1.82, 2.24) is 10.6 Å². The zero-order valence-corrected chi connectivity index (χ0v) is 15.6. The zero-order valence-electron chi connectivity index (χ0n) is 15.6. The minimum Gasteiger partial charge on any atom is -0.337 e. The van der Waals surface area contributed by atoms with Gasteiger partial charge in [-0.3, -0.25) is 0 Å². The highest BCUT2D eigenvalue weighted by Crippen LogP contribution is 2.47. The number of halogens is 1. The fraction of sp³-hybridized carbons (Fsp3) is 0.208. The van der Waals surface area contributed by atoms with Gasteiger partial charge in [-0.2, -0.15) is 0 Å². The molecule has 2 amide bonds. The Morgan fingerprint density at radius 1 is 0.857 bits per heavy atom. The van der Waals surface area contributed by atoms with E-state index >= 15 is 0 Å². The van der Waals surface area contributed by atoms with Crippen molar-refractivity contribution < 1.29 is 9.18 Å². The normalized spacial score (nSPS) is 14.5. The first-order valence-corrected chi connectivity index (χ1v) is 9.57. The van der Waals surface area contributed by atoms with Crippen molar-refractivity contribution in [2.75, 3.05) is 6.54 Å². The molecule has 2 N–H and O–H groups in total. The molecule has 0 radical (unpaired) electrons. The molecule has 0 aromatic heterocycles. The van der Waals surface area contributed by atoms with Gasteiger partial charge in [0.25, 0.3) is 0 Å². The van der Waals surface area contributed by atoms with E-state index in [1.807, 2.05) is 72.8 Å². The van der Waals surface area contributed by atoms with E-state index in [4.69, 9.17) is 0 Å². The van der Waals surface area contributed by atoms with Crippen LogP contribution in [0.25, 0.3) is 0 Å². The Hall–Kier alpha value is -3.14. The molecule has 1 aliphatic carbocycles. The zero-order chi connectivity index (χ0) is 19.4. The molecule has 4 rings (SSSR count). The maximum atomic E-state index is 13.2. The lowest BCUT2D eigenvalue weighted by Gasteiger charge is -2.22. The van der Waals surface area contributed by atoms with Gasteiger partial charge in [0.2, 0.25) is 0 Å². The lowest BCUT2D eigenvalue weighted by Crippen LogP contribution is -2.41. The molecule has 3 aromatic carbocycles. The monoisotopic (exact) mass is 374 g/mol. The summed E-state index contributed by atoms with van der Waals surface area (Å²) >= 11 is 0. The summed E-state index contributed by atoms with van der Waals surface area (Å²) < 4.78 is 13.2. The molecule has 4 heteroatoms. The molecule has 3 aromatic rings. The highest BCUT2D eigenvalue weighted by atomic mass is 19.1. The van der Waals surface area contributed by atoms with Gasteiger partial charge in [0, 0.05) is 12.0 Å². The van der Waals surface area contributed by atoms with Gasteiger partial charge in [0.15, 0.2) is 0 Å². The molecule has 3 nitrogen and oxygen atoms in total. The van der Waals surface area contributed by atoms with Gasteiger partial charge < -0.3 is 10.6 Å². The summed E-state index contributed by atoms with van der Waals surface area (Å²) in [5, 5.41) is 6.13. The van der Waals surface area contributed by atoms with Gasteiger partial charge in [-0.25, -0.2) is 9.18 Å². The first-order chi connectivity index (χ1) is 13.7. The molecule has 1 aliphatic rings. The van der Waals surface area contributed by atoms with Gasteiger partial charge >= 0.3 is 6.03 Å². The van der Waals surface area contributed by atoms with Crippen molar-refractivity contribution in [1.29, 1.82) is 0 Å². The summed E-state index contributed by atoms with van der Waals surface area (Å²) in [5.41, 5.74) is 3.07. The maximum Gasteiger partial charge on any atom is 0.315 e. The number of nitrogens with one attached hydrogen (secondary N) is 2. The van der Waals surface area contributed by atoms with Crippen LogP contribution in [0.1, 0.15) is 35.6 Å². The molecular weight excluding hydrogens is 351 g/mol. The highest BCUT2D eigenvalue weighted by molar-refractivity contribution is 5.75. The van der Waals surface area contributed by atoms with E-state index in [1.165, 1.54) is 12.1 Å². The van der Waals surface area contributed by atoms with Crippen molar-refractivity contribution in [2.24, 2.45) is 0 Å². The van der Waals surface area contributed by atoms with Crippen LogP contribution >= 0.6 is 0 Å². The number of carbonyl (C=O) groups is 1. The van der Waals surface area contributed by atoms with Crippen LogP contribution in [0.4, 0.5) is 9.18 Å². The second-order valence-corrected chi connectivity index (χ2v) is 7.37. The molecule has 1 saturated carbocycles. The maximum absolute atomic E-state index is 13.2. The first kappa shape index (κ1) is 18.2. The van der Waals surface area contributed by atoms with E-state index in [-0.39, 0.29) is 23.3 Å². The predicted octanol–water partition coefficient (Wildman–Crippen LogP) is 4.95. The van der Waals surface area contributed by atoms with E-state index in [9.17, 15) is 9.18 Å². The van der Waals surface area contributed by atoms with Crippen LogP contribution in [-0.4, -0.2) is 12.6 Å². The third kappa shape index (κ3) is 4.06. The molecule has 142 valence electrons. The van der Waals surface area contributed by atoms with Crippen molar-refractivity contribution in [2.45, 2.75) is 24.3 Å². The Kier molecular flexibility index (Phi) is 5.11. The molecule has 0 heterocycles. The minimum atomic E-state index is -0.237. The molecular formula is C24H23FN2O. The van der Waals surface area contributed by atoms with Gasteiger partial charge in [-0.1, -0.05) is 72.8 Å². The number of hydrogen-bond acceptors (Lipinski definition) is 1. The number of benzene rings is 3. The van der Waals surface area contributed by atoms with Crippen molar-refractivity contribution in [3.8, 4) is 0 Å². The smallest absolute Gasteiger partial charge is 0.315 e. The van der Waals surface area contributed by atoms with E-state index in [0.29, 0.717) is 6.54 Å². The van der Waals surface area contributed by atoms with Crippen LogP contribution in [0.3, 0.4) is 0 Å². The Bertz CT molecular complexity index is 882. The fourth-order valence-electron chi connectivity index (χ4n) is 3.60. The summed E-state index contributed by atoms with van der Waals surface area (Å²) in [5.74, 6) is -0.237. The average molecular weight is 374 g/mol. The van der Waals surface area contributed by atoms with E-state index in [0.717, 1.165) is 29.5 Å². The molecule has 0 bridgehead atoms. The molecule has 0 unspecified atom stereocenters. The number of carbonyl (C=O) groups excluding carboxylic acids is 1. The molecule has 0 spiro atoms. The first-order valence-electron chi connectivity index (χ1n) is 9.57. The standard InChI is InChI=1S/C24H23FN2O/c25-21-13-11-20(12-14-21)24(15-16-24)17-26-23(28)27-22(18-7-3-1-4-8-18)19-9-5-2-6-10-19/h1-14,22H,15-17H2,(H2,26,27,28). The van der Waals surface area contributed by atoms with E-state index < -0.39 is 0 Å². The Balaban J connectivity index is 1.44. The third-order valence-corrected chi connectivity index (χ3v) is 5.44. The van der Waals surface area contributed by atoms with Crippen LogP contribution in [0.15, 0.2) is 84.9 Å². The highest BCUT2D eigenvalue weighted by Gasteiger charge is 2.44. The average Bonchev–Trinajstić information content (AvgIpc) is 3.53. The van der Waals surface area contributed by atoms with Crippen molar-refractivity contribution >= 4 is 6.03 Å². The largest absolute Gasteiger partial charge is 0.337 e. The van der Waals surface area contributed by atoms with Crippen LogP contribution in [0, 0.1) is 5.82 Å². The second kappa shape index (κ2) is 7.85. The Labute approximate surface area is 164 Å². The van der Waals surface area contributed by atoms with Gasteiger partial charge in [0.1, 0.15) is 5.82 Å². The van der Waals surface area contributed by atoms with Crippen molar-refractivity contribution in [3.63, 3.8) is 0 Å². The van der Waals surface area contributed by atoms with Crippen LogP contribution in [0.5, 0.6) is 0 Å². The second-order valence-electron chi connectivity index (χ2n) is 7.37. The minimum absolute atomic E-state index is 0.0694. The third-order valence-electron chi connectivity index (χ3n) is 5.44. The van der Waals surface area contributed by atoms with Crippen LogP contribution in [-0.2, 0) is 5.41 Å². The fourth-order valence-corrected chi connectivity index (χ4v) is 3.60.